The van der Waals surface area contributed by atoms with E-state index in [2.05, 4.69) is 0 Å². The summed E-state index contributed by atoms with van der Waals surface area (Å²) >= 11 is 0. The molecule has 1 aliphatic rings. The molecule has 2 aromatic rings. The van der Waals surface area contributed by atoms with E-state index in [9.17, 15) is 9.90 Å². The maximum absolute atomic E-state index is 12.7. The van der Waals surface area contributed by atoms with E-state index in [4.69, 9.17) is 23.7 Å². The summed E-state index contributed by atoms with van der Waals surface area (Å²) in [4.78, 5) is 12.7. The molecular weight excluding hydrogens is 340 g/mol. The number of ether oxygens (including phenoxy) is 5. The zero-order valence-electron chi connectivity index (χ0n) is 15.0. The molecule has 3 rings (SSSR count). The predicted octanol–water partition coefficient (Wildman–Crippen LogP) is 3.13. The van der Waals surface area contributed by atoms with E-state index in [0.717, 1.165) is 0 Å². The fourth-order valence-electron chi connectivity index (χ4n) is 3.01. The molecular formula is C19H20O7. The van der Waals surface area contributed by atoms with Gasteiger partial charge in [0.15, 0.2) is 17.3 Å². The summed E-state index contributed by atoms with van der Waals surface area (Å²) in [6.45, 7) is 0. The van der Waals surface area contributed by atoms with Crippen molar-refractivity contribution in [2.75, 3.05) is 28.4 Å². The molecule has 0 spiro atoms. The normalized spacial score (nSPS) is 15.7. The smallest absolute Gasteiger partial charge is 0.203 e. The molecule has 1 aliphatic heterocycles. The molecule has 7 heteroatoms. The van der Waals surface area contributed by atoms with Crippen molar-refractivity contribution in [2.45, 2.75) is 12.5 Å². The minimum atomic E-state index is -0.586. The maximum atomic E-state index is 12.7. The van der Waals surface area contributed by atoms with Crippen LogP contribution in [0, 0.1) is 0 Å². The van der Waals surface area contributed by atoms with Crippen LogP contribution in [0.1, 0.15) is 28.4 Å². The Morgan fingerprint density at radius 1 is 0.962 bits per heavy atom. The van der Waals surface area contributed by atoms with E-state index >= 15 is 0 Å². The summed E-state index contributed by atoms with van der Waals surface area (Å²) in [5, 5.41) is 10.2. The first-order chi connectivity index (χ1) is 12.5. The Morgan fingerprint density at radius 3 is 2.31 bits per heavy atom. The van der Waals surface area contributed by atoms with E-state index in [1.165, 1.54) is 34.5 Å². The van der Waals surface area contributed by atoms with Gasteiger partial charge in [0, 0.05) is 17.7 Å². The molecule has 0 saturated carbocycles. The number of carbonyl (C=O) groups is 1. The SMILES string of the molecule is COc1cc(OC)c2c(c1)O[C@H](c1cc(O)c(OC)c(OC)c1)CC2=O. The number of phenolic OH excluding ortho intramolecular Hbond substituents is 1. The number of fused-ring (bicyclic) bond motifs is 1. The third-order valence-corrected chi connectivity index (χ3v) is 4.27. The van der Waals surface area contributed by atoms with Crippen molar-refractivity contribution in [1.29, 1.82) is 0 Å². The molecule has 0 amide bonds. The third kappa shape index (κ3) is 2.96. The van der Waals surface area contributed by atoms with E-state index in [1.807, 2.05) is 0 Å². The number of hydrogen-bond acceptors (Lipinski definition) is 7. The van der Waals surface area contributed by atoms with Gasteiger partial charge >= 0.3 is 0 Å². The van der Waals surface area contributed by atoms with Gasteiger partial charge in [0.05, 0.1) is 34.9 Å². The van der Waals surface area contributed by atoms with Crippen LogP contribution in [0.2, 0.25) is 0 Å². The molecule has 1 heterocycles. The van der Waals surface area contributed by atoms with Crippen LogP contribution >= 0.6 is 0 Å². The number of methoxy groups -OCH3 is 4. The molecule has 0 bridgehead atoms. The monoisotopic (exact) mass is 360 g/mol. The van der Waals surface area contributed by atoms with E-state index < -0.39 is 6.10 Å². The second-order valence-corrected chi connectivity index (χ2v) is 5.71. The van der Waals surface area contributed by atoms with Crippen molar-refractivity contribution in [2.24, 2.45) is 0 Å². The highest BCUT2D eigenvalue weighted by molar-refractivity contribution is 6.02. The Kier molecular flexibility index (Phi) is 4.79. The van der Waals surface area contributed by atoms with Gasteiger partial charge in [-0.25, -0.2) is 0 Å². The van der Waals surface area contributed by atoms with Crippen LogP contribution in [-0.4, -0.2) is 39.3 Å². The van der Waals surface area contributed by atoms with Crippen molar-refractivity contribution in [3.8, 4) is 34.5 Å². The highest BCUT2D eigenvalue weighted by Gasteiger charge is 2.32. The molecule has 0 radical (unpaired) electrons. The van der Waals surface area contributed by atoms with Gasteiger partial charge in [-0.3, -0.25) is 4.79 Å². The number of benzene rings is 2. The first-order valence-corrected chi connectivity index (χ1v) is 7.93. The lowest BCUT2D eigenvalue weighted by molar-refractivity contribution is 0.0843. The Bertz CT molecular complexity index is 844. The van der Waals surface area contributed by atoms with Gasteiger partial charge in [-0.1, -0.05) is 0 Å². The third-order valence-electron chi connectivity index (χ3n) is 4.27. The molecule has 0 aliphatic carbocycles. The molecule has 0 unspecified atom stereocenters. The van der Waals surface area contributed by atoms with E-state index in [-0.39, 0.29) is 23.7 Å². The van der Waals surface area contributed by atoms with Crippen LogP contribution < -0.4 is 23.7 Å². The quantitative estimate of drug-likeness (QED) is 0.877. The van der Waals surface area contributed by atoms with Crippen molar-refractivity contribution in [1.82, 2.24) is 0 Å². The Morgan fingerprint density at radius 2 is 1.69 bits per heavy atom. The van der Waals surface area contributed by atoms with Gasteiger partial charge in [0.2, 0.25) is 5.75 Å². The van der Waals surface area contributed by atoms with E-state index in [0.29, 0.717) is 34.1 Å². The van der Waals surface area contributed by atoms with Crippen LogP contribution in [-0.2, 0) is 0 Å². The number of ketones is 1. The minimum Gasteiger partial charge on any atom is -0.504 e. The molecule has 0 aromatic heterocycles. The Balaban J connectivity index is 2.04. The van der Waals surface area contributed by atoms with Crippen molar-refractivity contribution in [3.05, 3.63) is 35.4 Å². The van der Waals surface area contributed by atoms with E-state index in [1.54, 1.807) is 18.2 Å². The number of phenols is 1. The maximum Gasteiger partial charge on any atom is 0.203 e. The summed E-state index contributed by atoms with van der Waals surface area (Å²) < 4.78 is 26.9. The lowest BCUT2D eigenvalue weighted by Crippen LogP contribution is -2.21. The standard InChI is InChI=1S/C19H20O7/c1-22-11-7-15(23-2)18-12(20)9-14(26-16(18)8-11)10-5-13(21)19(25-4)17(6-10)24-3/h5-8,14,21H,9H2,1-4H3/t14-/m0/s1. The van der Waals surface area contributed by atoms with Gasteiger partial charge < -0.3 is 28.8 Å². The van der Waals surface area contributed by atoms with Gasteiger partial charge in [-0.15, -0.1) is 0 Å². The lowest BCUT2D eigenvalue weighted by atomic mass is 9.95. The summed E-state index contributed by atoms with van der Waals surface area (Å²) in [6, 6.07) is 6.46. The highest BCUT2D eigenvalue weighted by atomic mass is 16.5. The average molecular weight is 360 g/mol. The van der Waals surface area contributed by atoms with Gasteiger partial charge in [0.1, 0.15) is 28.9 Å². The molecule has 2 aromatic carbocycles. The lowest BCUT2D eigenvalue weighted by Gasteiger charge is -2.27. The number of carbonyl (C=O) groups excluding carboxylic acids is 1. The first kappa shape index (κ1) is 17.7. The minimum absolute atomic E-state index is 0.0908. The van der Waals surface area contributed by atoms with Crippen molar-refractivity contribution >= 4 is 5.78 Å². The first-order valence-electron chi connectivity index (χ1n) is 7.93. The second-order valence-electron chi connectivity index (χ2n) is 5.71. The fourth-order valence-corrected chi connectivity index (χ4v) is 3.01. The largest absolute Gasteiger partial charge is 0.504 e. The zero-order chi connectivity index (χ0) is 18.8. The van der Waals surface area contributed by atoms with Crippen molar-refractivity contribution in [3.63, 3.8) is 0 Å². The number of aromatic hydroxyl groups is 1. The average Bonchev–Trinajstić information content (AvgIpc) is 2.65. The zero-order valence-corrected chi connectivity index (χ0v) is 15.0. The predicted molar refractivity (Wildman–Crippen MR) is 93.1 cm³/mol. The van der Waals surface area contributed by atoms with Crippen LogP contribution in [0.4, 0.5) is 0 Å². The molecule has 1 atom stereocenters. The summed E-state index contributed by atoms with van der Waals surface area (Å²) in [5.41, 5.74) is 0.982. The summed E-state index contributed by atoms with van der Waals surface area (Å²) in [5.74, 6) is 1.66. The Hall–Kier alpha value is -3.09. The van der Waals surface area contributed by atoms with Crippen molar-refractivity contribution < 1.29 is 33.6 Å². The van der Waals surface area contributed by atoms with Gasteiger partial charge in [-0.05, 0) is 12.1 Å². The molecule has 1 N–H and O–H groups in total. The highest BCUT2D eigenvalue weighted by Crippen LogP contribution is 2.45. The van der Waals surface area contributed by atoms with Crippen LogP contribution in [0.3, 0.4) is 0 Å². The molecule has 0 saturated heterocycles. The Labute approximate surface area is 151 Å². The summed E-state index contributed by atoms with van der Waals surface area (Å²) in [7, 11) is 5.92. The number of hydrogen-bond donors (Lipinski definition) is 1. The molecule has 7 nitrogen and oxygen atoms in total. The fraction of sp³-hybridized carbons (Fsp3) is 0.316. The number of Topliss-reactive ketones (excluding diaryl/α,β-unsaturated/α-hetero) is 1. The van der Waals surface area contributed by atoms with Gasteiger partial charge in [0.25, 0.3) is 0 Å². The van der Waals surface area contributed by atoms with Gasteiger partial charge in [-0.2, -0.15) is 0 Å². The van der Waals surface area contributed by atoms with Crippen LogP contribution in [0.25, 0.3) is 0 Å². The van der Waals surface area contributed by atoms with Crippen LogP contribution in [0.5, 0.6) is 34.5 Å². The molecule has 0 fully saturated rings. The number of rotatable bonds is 5. The molecule has 26 heavy (non-hydrogen) atoms. The van der Waals surface area contributed by atoms with Crippen LogP contribution in [0.15, 0.2) is 24.3 Å². The second kappa shape index (κ2) is 7.03. The topological polar surface area (TPSA) is 83.5 Å². The summed E-state index contributed by atoms with van der Waals surface area (Å²) in [6.07, 6.45) is -0.484. The molecule has 138 valence electrons.